The molecule has 2 saturated carbocycles. The third-order valence-corrected chi connectivity index (χ3v) is 14.4. The normalized spacial score (nSPS) is 23.1. The van der Waals surface area contributed by atoms with Crippen molar-refractivity contribution in [2.24, 2.45) is 10.8 Å². The molecular formula is C48H54Cl2N2O6. The standard InChI is InChI=1S/C48H54Cl2N2O6/c1-3-55-43-17-45(39(49)15-29(43)23-51-25-47(26-51)19-31(53)20-47)57-41-13-11-35-33(7-5-9-37(35)41)34-8-6-10-38-36(34)12-14-42(38)58-46-18-44(56-4-2)30(16-40(46)50)24-52-27-48(28-52)21-32(54)22-48/h5-10,15-18,31-32,41-42,53-54H,3-4,11-14,19-28H2,1-2H3/t41-,42-/m0/s1. The van der Waals surface area contributed by atoms with E-state index in [0.29, 0.717) is 45.6 Å². The summed E-state index contributed by atoms with van der Waals surface area (Å²) < 4.78 is 25.8. The molecule has 2 atom stereocenters. The fraction of sp³-hybridized carbons (Fsp3) is 0.500. The van der Waals surface area contributed by atoms with Crippen LogP contribution < -0.4 is 18.9 Å². The largest absolute Gasteiger partial charge is 0.493 e. The van der Waals surface area contributed by atoms with Crippen LogP contribution in [0.3, 0.4) is 0 Å². The molecular weight excluding hydrogens is 771 g/mol. The van der Waals surface area contributed by atoms with Gasteiger partial charge in [0.25, 0.3) is 0 Å². The molecule has 2 heterocycles. The van der Waals surface area contributed by atoms with Crippen LogP contribution in [-0.2, 0) is 25.9 Å². The third kappa shape index (κ3) is 7.05. The molecule has 4 aromatic rings. The summed E-state index contributed by atoms with van der Waals surface area (Å²) in [7, 11) is 0. The van der Waals surface area contributed by atoms with Gasteiger partial charge in [-0.1, -0.05) is 59.6 Å². The Balaban J connectivity index is 0.845. The van der Waals surface area contributed by atoms with Gasteiger partial charge in [0, 0.05) is 73.4 Å². The van der Waals surface area contributed by atoms with E-state index < -0.39 is 0 Å². The Labute approximate surface area is 351 Å². The van der Waals surface area contributed by atoms with Crippen molar-refractivity contribution in [1.29, 1.82) is 0 Å². The number of halogens is 2. The summed E-state index contributed by atoms with van der Waals surface area (Å²) in [6, 6.07) is 21.2. The van der Waals surface area contributed by atoms with Crippen LogP contribution in [0, 0.1) is 10.8 Å². The van der Waals surface area contributed by atoms with Crippen LogP contribution in [0.1, 0.15) is 98.0 Å². The van der Waals surface area contributed by atoms with Gasteiger partial charge in [-0.15, -0.1) is 0 Å². The van der Waals surface area contributed by atoms with E-state index in [4.69, 9.17) is 42.1 Å². The highest BCUT2D eigenvalue weighted by Crippen LogP contribution is 2.51. The topological polar surface area (TPSA) is 83.9 Å². The molecule has 10 rings (SSSR count). The first-order valence-electron chi connectivity index (χ1n) is 21.4. The van der Waals surface area contributed by atoms with Crippen LogP contribution in [0.5, 0.6) is 23.0 Å². The molecule has 0 unspecified atom stereocenters. The molecule has 4 aliphatic carbocycles. The maximum atomic E-state index is 9.84. The van der Waals surface area contributed by atoms with Crippen LogP contribution in [0.15, 0.2) is 60.7 Å². The summed E-state index contributed by atoms with van der Waals surface area (Å²) in [4.78, 5) is 4.84. The van der Waals surface area contributed by atoms with Crippen molar-refractivity contribution in [3.63, 3.8) is 0 Å². The summed E-state index contributed by atoms with van der Waals surface area (Å²) in [5, 5.41) is 20.9. The fourth-order valence-corrected chi connectivity index (χ4v) is 11.8. The lowest BCUT2D eigenvalue weighted by Crippen LogP contribution is -2.63. The summed E-state index contributed by atoms with van der Waals surface area (Å²) in [5.41, 5.74) is 10.4. The highest BCUT2D eigenvalue weighted by Gasteiger charge is 2.52. The third-order valence-electron chi connectivity index (χ3n) is 13.8. The first kappa shape index (κ1) is 38.7. The van der Waals surface area contributed by atoms with E-state index in [1.165, 1.54) is 33.4 Å². The van der Waals surface area contributed by atoms with Crippen molar-refractivity contribution in [3.05, 3.63) is 104 Å². The highest BCUT2D eigenvalue weighted by atomic mass is 35.5. The Morgan fingerprint density at radius 3 is 1.40 bits per heavy atom. The van der Waals surface area contributed by atoms with Gasteiger partial charge in [-0.2, -0.15) is 0 Å². The van der Waals surface area contributed by atoms with E-state index in [-0.39, 0.29) is 24.4 Å². The van der Waals surface area contributed by atoms with Crippen LogP contribution in [0.4, 0.5) is 0 Å². The molecule has 10 heteroatoms. The molecule has 2 aliphatic heterocycles. The molecule has 6 aliphatic rings. The van der Waals surface area contributed by atoms with Crippen LogP contribution >= 0.6 is 23.2 Å². The van der Waals surface area contributed by atoms with E-state index >= 15 is 0 Å². The molecule has 8 nitrogen and oxygen atoms in total. The maximum Gasteiger partial charge on any atom is 0.142 e. The van der Waals surface area contributed by atoms with E-state index in [1.807, 2.05) is 38.1 Å². The van der Waals surface area contributed by atoms with Crippen molar-refractivity contribution >= 4 is 23.2 Å². The Bertz CT molecular complexity index is 2050. The Kier molecular flexibility index (Phi) is 10.1. The van der Waals surface area contributed by atoms with Gasteiger partial charge in [-0.25, -0.2) is 0 Å². The van der Waals surface area contributed by atoms with E-state index in [2.05, 4.69) is 46.2 Å². The Hall–Kier alpha value is -3.50. The molecule has 0 aromatic heterocycles. The molecule has 2 spiro atoms. The number of ether oxygens (including phenoxy) is 4. The molecule has 0 amide bonds. The molecule has 4 aromatic carbocycles. The van der Waals surface area contributed by atoms with E-state index in [9.17, 15) is 10.2 Å². The van der Waals surface area contributed by atoms with Gasteiger partial charge in [0.1, 0.15) is 35.2 Å². The number of aliphatic hydroxyl groups is 2. The minimum Gasteiger partial charge on any atom is -0.493 e. The summed E-state index contributed by atoms with van der Waals surface area (Å²) in [5.74, 6) is 2.95. The van der Waals surface area contributed by atoms with Crippen molar-refractivity contribution in [2.45, 2.75) is 103 Å². The van der Waals surface area contributed by atoms with Gasteiger partial charge < -0.3 is 29.2 Å². The fourth-order valence-electron chi connectivity index (χ4n) is 11.4. The van der Waals surface area contributed by atoms with Gasteiger partial charge in [-0.05, 0) is 111 Å². The summed E-state index contributed by atoms with van der Waals surface area (Å²) >= 11 is 13.9. The molecule has 2 saturated heterocycles. The lowest BCUT2D eigenvalue weighted by molar-refractivity contribution is -0.131. The predicted octanol–water partition coefficient (Wildman–Crippen LogP) is 9.50. The smallest absolute Gasteiger partial charge is 0.142 e. The number of aliphatic hydroxyl groups excluding tert-OH is 2. The number of benzene rings is 4. The zero-order valence-electron chi connectivity index (χ0n) is 33.6. The van der Waals surface area contributed by atoms with Crippen molar-refractivity contribution in [1.82, 2.24) is 9.80 Å². The molecule has 58 heavy (non-hydrogen) atoms. The molecule has 306 valence electrons. The van der Waals surface area contributed by atoms with Crippen molar-refractivity contribution in [3.8, 4) is 34.1 Å². The van der Waals surface area contributed by atoms with Gasteiger partial charge in [0.2, 0.25) is 0 Å². The van der Waals surface area contributed by atoms with Gasteiger partial charge in [0.15, 0.2) is 0 Å². The molecule has 0 radical (unpaired) electrons. The second kappa shape index (κ2) is 15.2. The minimum atomic E-state index is -0.132. The van der Waals surface area contributed by atoms with Crippen molar-refractivity contribution in [2.75, 3.05) is 39.4 Å². The minimum absolute atomic E-state index is 0.112. The number of nitrogens with zero attached hydrogens (tertiary/aromatic N) is 2. The van der Waals surface area contributed by atoms with Gasteiger partial charge in [0.05, 0.1) is 35.5 Å². The average molecular weight is 826 g/mol. The Morgan fingerprint density at radius 1 is 0.603 bits per heavy atom. The van der Waals surface area contributed by atoms with Crippen LogP contribution in [-0.4, -0.2) is 71.6 Å². The quantitative estimate of drug-likeness (QED) is 0.138. The lowest BCUT2D eigenvalue weighted by Gasteiger charge is -2.58. The number of likely N-dealkylation sites (tertiary alicyclic amines) is 2. The monoisotopic (exact) mass is 824 g/mol. The van der Waals surface area contributed by atoms with Crippen LogP contribution in [0.25, 0.3) is 11.1 Å². The van der Waals surface area contributed by atoms with Gasteiger partial charge >= 0.3 is 0 Å². The van der Waals surface area contributed by atoms with Crippen molar-refractivity contribution < 1.29 is 29.2 Å². The number of fused-ring (bicyclic) bond motifs is 2. The lowest BCUT2D eigenvalue weighted by atomic mass is 9.62. The van der Waals surface area contributed by atoms with E-state index in [0.717, 1.165) is 113 Å². The highest BCUT2D eigenvalue weighted by molar-refractivity contribution is 6.32. The predicted molar refractivity (Wildman–Crippen MR) is 226 cm³/mol. The first-order valence-corrected chi connectivity index (χ1v) is 22.1. The number of hydrogen-bond acceptors (Lipinski definition) is 8. The summed E-state index contributed by atoms with van der Waals surface area (Å²) in [6.45, 7) is 10.7. The van der Waals surface area contributed by atoms with Crippen LogP contribution in [0.2, 0.25) is 10.0 Å². The molecule has 4 fully saturated rings. The van der Waals surface area contributed by atoms with E-state index in [1.54, 1.807) is 0 Å². The van der Waals surface area contributed by atoms with Gasteiger partial charge in [-0.3, -0.25) is 9.80 Å². The molecule has 2 N–H and O–H groups in total. The first-order chi connectivity index (χ1) is 28.1. The second-order valence-electron chi connectivity index (χ2n) is 18.1. The maximum absolute atomic E-state index is 9.84. The zero-order valence-corrected chi connectivity index (χ0v) is 35.1. The zero-order chi connectivity index (χ0) is 39.8. The Morgan fingerprint density at radius 2 is 1.02 bits per heavy atom. The number of rotatable bonds is 13. The average Bonchev–Trinajstić information content (AvgIpc) is 3.76. The SMILES string of the molecule is CCOc1cc(O[C@H]2CCc3c(-c4cccc5c4CC[C@@H]5Oc4cc(OCC)c(CN5CC6(CC(O)C6)C5)cc4Cl)cccc32)c(Cl)cc1CN1CC2(CC(O)C2)C1. The number of hydrogen-bond donors (Lipinski definition) is 2. The second-order valence-corrected chi connectivity index (χ2v) is 18.9. The molecule has 0 bridgehead atoms. The summed E-state index contributed by atoms with van der Waals surface area (Å²) in [6.07, 6.45) is 6.74.